The van der Waals surface area contributed by atoms with Crippen LogP contribution in [0.4, 0.5) is 0 Å². The molecule has 5 heteroatoms. The zero-order chi connectivity index (χ0) is 11.5. The van der Waals surface area contributed by atoms with E-state index in [0.29, 0.717) is 13.0 Å². The van der Waals surface area contributed by atoms with Crippen molar-refractivity contribution in [1.82, 2.24) is 5.32 Å². The Labute approximate surface area is 94.2 Å². The van der Waals surface area contributed by atoms with Gasteiger partial charge in [0.05, 0.1) is 17.9 Å². The number of amides is 1. The summed E-state index contributed by atoms with van der Waals surface area (Å²) in [7, 11) is 0. The lowest BCUT2D eigenvalue weighted by Crippen LogP contribution is -2.29. The molecule has 5 nitrogen and oxygen atoms in total. The fraction of sp³-hybridized carbons (Fsp3) is 0.818. The molecule has 0 bridgehead atoms. The molecule has 0 aromatic rings. The molecule has 0 aromatic heterocycles. The summed E-state index contributed by atoms with van der Waals surface area (Å²) in [6.07, 6.45) is 3.76. The van der Waals surface area contributed by atoms with E-state index >= 15 is 0 Å². The van der Waals surface area contributed by atoms with E-state index in [9.17, 15) is 9.59 Å². The summed E-state index contributed by atoms with van der Waals surface area (Å²) in [6.45, 7) is 1.41. The van der Waals surface area contributed by atoms with Crippen LogP contribution in [0.3, 0.4) is 0 Å². The van der Waals surface area contributed by atoms with E-state index in [-0.39, 0.29) is 17.9 Å². The normalized spacial score (nSPS) is 32.4. The van der Waals surface area contributed by atoms with Crippen molar-refractivity contribution in [2.75, 3.05) is 13.2 Å². The number of carbonyl (C=O) groups excluding carboxylic acids is 1. The summed E-state index contributed by atoms with van der Waals surface area (Å²) in [4.78, 5) is 22.0. The van der Waals surface area contributed by atoms with Crippen LogP contribution in [0.15, 0.2) is 0 Å². The van der Waals surface area contributed by atoms with Gasteiger partial charge in [-0.15, -0.1) is 0 Å². The number of carbonyl (C=O) groups is 2. The fourth-order valence-corrected chi connectivity index (χ4v) is 2.12. The van der Waals surface area contributed by atoms with E-state index in [2.05, 4.69) is 5.32 Å². The molecule has 1 amide bonds. The van der Waals surface area contributed by atoms with Gasteiger partial charge in [0.2, 0.25) is 5.91 Å². The highest BCUT2D eigenvalue weighted by molar-refractivity contribution is 5.89. The van der Waals surface area contributed by atoms with Crippen molar-refractivity contribution >= 4 is 11.9 Å². The molecule has 0 spiro atoms. The highest BCUT2D eigenvalue weighted by Crippen LogP contribution is 2.38. The van der Waals surface area contributed by atoms with Crippen molar-refractivity contribution < 1.29 is 19.4 Å². The first-order valence-electron chi connectivity index (χ1n) is 5.80. The first-order chi connectivity index (χ1) is 7.68. The van der Waals surface area contributed by atoms with Gasteiger partial charge >= 0.3 is 5.97 Å². The monoisotopic (exact) mass is 227 g/mol. The molecule has 3 atom stereocenters. The van der Waals surface area contributed by atoms with Gasteiger partial charge < -0.3 is 15.2 Å². The predicted octanol–water partition coefficient (Wildman–Crippen LogP) is 0.392. The second-order valence-corrected chi connectivity index (χ2v) is 4.50. The van der Waals surface area contributed by atoms with E-state index in [1.807, 2.05) is 0 Å². The van der Waals surface area contributed by atoms with Gasteiger partial charge in [0, 0.05) is 13.2 Å². The number of nitrogens with one attached hydrogen (secondary N) is 1. The van der Waals surface area contributed by atoms with E-state index in [4.69, 9.17) is 9.84 Å². The summed E-state index contributed by atoms with van der Waals surface area (Å²) in [6, 6.07) is 0. The lowest BCUT2D eigenvalue weighted by Gasteiger charge is -2.09. The summed E-state index contributed by atoms with van der Waals surface area (Å²) < 4.78 is 5.42. The molecule has 1 saturated carbocycles. The average Bonchev–Trinajstić information content (AvgIpc) is 2.90. The number of hydrogen-bond acceptors (Lipinski definition) is 3. The number of carboxylic acid groups (broad SMARTS) is 1. The van der Waals surface area contributed by atoms with Crippen LogP contribution in [-0.4, -0.2) is 36.2 Å². The summed E-state index contributed by atoms with van der Waals surface area (Å²) >= 11 is 0. The van der Waals surface area contributed by atoms with Crippen molar-refractivity contribution in [1.29, 1.82) is 0 Å². The lowest BCUT2D eigenvalue weighted by molar-refractivity contribution is -0.140. The Balaban J connectivity index is 1.60. The van der Waals surface area contributed by atoms with E-state index < -0.39 is 11.9 Å². The van der Waals surface area contributed by atoms with Crippen LogP contribution in [0.2, 0.25) is 0 Å². The molecule has 0 radical (unpaired) electrons. The second kappa shape index (κ2) is 4.82. The van der Waals surface area contributed by atoms with Gasteiger partial charge in [-0.25, -0.2) is 0 Å². The highest BCUT2D eigenvalue weighted by Gasteiger charge is 2.48. The van der Waals surface area contributed by atoms with Crippen LogP contribution in [-0.2, 0) is 14.3 Å². The van der Waals surface area contributed by atoms with E-state index in [0.717, 1.165) is 25.9 Å². The Morgan fingerprint density at radius 2 is 2.19 bits per heavy atom. The number of aliphatic carboxylic acids is 1. The van der Waals surface area contributed by atoms with Crippen molar-refractivity contribution in [3.8, 4) is 0 Å². The molecule has 90 valence electrons. The lowest BCUT2D eigenvalue weighted by atomic mass is 10.2. The molecule has 0 aromatic carbocycles. The van der Waals surface area contributed by atoms with Crippen molar-refractivity contribution in [3.05, 3.63) is 0 Å². The van der Waals surface area contributed by atoms with Gasteiger partial charge in [-0.3, -0.25) is 9.59 Å². The number of rotatable bonds is 5. The second-order valence-electron chi connectivity index (χ2n) is 4.50. The molecular formula is C11H17NO4. The third-order valence-corrected chi connectivity index (χ3v) is 3.23. The minimum atomic E-state index is -0.862. The third kappa shape index (κ3) is 2.72. The smallest absolute Gasteiger partial charge is 0.307 e. The fourth-order valence-electron chi connectivity index (χ4n) is 2.12. The Morgan fingerprint density at radius 3 is 2.75 bits per heavy atom. The first-order valence-corrected chi connectivity index (χ1v) is 5.80. The Kier molecular flexibility index (Phi) is 3.43. The molecule has 1 aliphatic heterocycles. The third-order valence-electron chi connectivity index (χ3n) is 3.23. The molecule has 2 N–H and O–H groups in total. The topological polar surface area (TPSA) is 75.6 Å². The van der Waals surface area contributed by atoms with Gasteiger partial charge in [-0.2, -0.15) is 0 Å². The maximum absolute atomic E-state index is 11.5. The Morgan fingerprint density at radius 1 is 1.38 bits per heavy atom. The summed E-state index contributed by atoms with van der Waals surface area (Å²) in [5.41, 5.74) is 0. The molecule has 2 rings (SSSR count). The minimum absolute atomic E-state index is 0.120. The van der Waals surface area contributed by atoms with E-state index in [1.165, 1.54) is 0 Å². The molecular weight excluding hydrogens is 210 g/mol. The molecule has 1 aliphatic carbocycles. The Hall–Kier alpha value is -1.10. The van der Waals surface area contributed by atoms with Gasteiger partial charge in [0.15, 0.2) is 0 Å². The van der Waals surface area contributed by atoms with Gasteiger partial charge in [-0.05, 0) is 25.7 Å². The predicted molar refractivity (Wildman–Crippen MR) is 55.8 cm³/mol. The van der Waals surface area contributed by atoms with Crippen LogP contribution in [0.1, 0.15) is 25.7 Å². The maximum Gasteiger partial charge on any atom is 0.307 e. The molecule has 1 heterocycles. The molecule has 2 aliphatic rings. The minimum Gasteiger partial charge on any atom is -0.481 e. The van der Waals surface area contributed by atoms with Crippen molar-refractivity contribution in [2.24, 2.45) is 11.8 Å². The van der Waals surface area contributed by atoms with Gasteiger partial charge in [0.1, 0.15) is 0 Å². The molecule has 16 heavy (non-hydrogen) atoms. The van der Waals surface area contributed by atoms with Crippen LogP contribution < -0.4 is 5.32 Å². The largest absolute Gasteiger partial charge is 0.481 e. The van der Waals surface area contributed by atoms with E-state index in [1.54, 1.807) is 0 Å². The maximum atomic E-state index is 11.5. The Bertz CT molecular complexity index is 286. The standard InChI is InChI=1S/C11H17NO4/c13-10(8-6-9(8)11(14)15)12-4-3-7-2-1-5-16-7/h7-9H,1-6H2,(H,12,13)(H,14,15)/t7?,8-,9+/m1/s1. The number of hydrogen-bond donors (Lipinski definition) is 2. The summed E-state index contributed by atoms with van der Waals surface area (Å²) in [5.74, 6) is -1.74. The van der Waals surface area contributed by atoms with Crippen LogP contribution in [0.25, 0.3) is 0 Å². The van der Waals surface area contributed by atoms with Crippen LogP contribution in [0.5, 0.6) is 0 Å². The SMILES string of the molecule is O=C(O)[C@H]1C[C@H]1C(=O)NCCC1CCCO1. The van der Waals surface area contributed by atoms with Crippen molar-refractivity contribution in [2.45, 2.75) is 31.8 Å². The van der Waals surface area contributed by atoms with Gasteiger partial charge in [-0.1, -0.05) is 0 Å². The zero-order valence-corrected chi connectivity index (χ0v) is 9.15. The average molecular weight is 227 g/mol. The first kappa shape index (κ1) is 11.4. The number of carboxylic acids is 1. The zero-order valence-electron chi connectivity index (χ0n) is 9.15. The van der Waals surface area contributed by atoms with Crippen LogP contribution in [0, 0.1) is 11.8 Å². The molecule has 1 saturated heterocycles. The molecule has 1 unspecified atom stereocenters. The number of ether oxygens (including phenoxy) is 1. The van der Waals surface area contributed by atoms with Crippen molar-refractivity contribution in [3.63, 3.8) is 0 Å². The van der Waals surface area contributed by atoms with Crippen LogP contribution >= 0.6 is 0 Å². The molecule has 2 fully saturated rings. The quantitative estimate of drug-likeness (QED) is 0.712. The highest BCUT2D eigenvalue weighted by atomic mass is 16.5. The van der Waals surface area contributed by atoms with Gasteiger partial charge in [0.25, 0.3) is 0 Å². The summed E-state index contributed by atoms with van der Waals surface area (Å²) in [5, 5.41) is 11.4.